The van der Waals surface area contributed by atoms with Crippen LogP contribution in [0.25, 0.3) is 0 Å². The third-order valence-electron chi connectivity index (χ3n) is 1.95. The first-order chi connectivity index (χ1) is 6.58. The zero-order chi connectivity index (χ0) is 10.6. The van der Waals surface area contributed by atoms with Crippen molar-refractivity contribution in [3.63, 3.8) is 0 Å². The van der Waals surface area contributed by atoms with Crippen LogP contribution in [0.2, 0.25) is 0 Å². The summed E-state index contributed by atoms with van der Waals surface area (Å²) in [6.07, 6.45) is 1.01. The predicted octanol–water partition coefficient (Wildman–Crippen LogP) is 2.98. The van der Waals surface area contributed by atoms with Gasteiger partial charge in [-0.3, -0.25) is 4.79 Å². The molecule has 0 saturated heterocycles. The first-order valence-electron chi connectivity index (χ1n) is 4.84. The second kappa shape index (κ2) is 4.89. The summed E-state index contributed by atoms with van der Waals surface area (Å²) in [5.41, 5.74) is 0.886. The first-order valence-corrected chi connectivity index (χ1v) is 4.84. The van der Waals surface area contributed by atoms with Crippen molar-refractivity contribution in [3.05, 3.63) is 35.6 Å². The van der Waals surface area contributed by atoms with Crippen LogP contribution >= 0.6 is 0 Å². The molecule has 0 amide bonds. The zero-order valence-corrected chi connectivity index (χ0v) is 8.59. The lowest BCUT2D eigenvalue weighted by molar-refractivity contribution is -0.119. The van der Waals surface area contributed by atoms with Crippen molar-refractivity contribution in [3.8, 4) is 0 Å². The Kier molecular flexibility index (Phi) is 3.81. The number of rotatable bonds is 4. The maximum absolute atomic E-state index is 12.5. The zero-order valence-electron chi connectivity index (χ0n) is 8.59. The fourth-order valence-corrected chi connectivity index (χ4v) is 1.36. The van der Waals surface area contributed by atoms with Crippen molar-refractivity contribution in [2.45, 2.75) is 26.7 Å². The van der Waals surface area contributed by atoms with E-state index in [-0.39, 0.29) is 11.6 Å². The van der Waals surface area contributed by atoms with Crippen molar-refractivity contribution in [1.29, 1.82) is 0 Å². The van der Waals surface area contributed by atoms with Crippen LogP contribution in [0.5, 0.6) is 0 Å². The van der Waals surface area contributed by atoms with Crippen LogP contribution in [0.15, 0.2) is 24.3 Å². The van der Waals surface area contributed by atoms with E-state index in [1.165, 1.54) is 12.1 Å². The topological polar surface area (TPSA) is 17.1 Å². The molecule has 0 saturated carbocycles. The van der Waals surface area contributed by atoms with Gasteiger partial charge in [-0.25, -0.2) is 4.39 Å². The molecule has 0 spiro atoms. The number of halogens is 1. The first kappa shape index (κ1) is 10.9. The highest BCUT2D eigenvalue weighted by Crippen LogP contribution is 2.08. The standard InChI is InChI=1S/C12H15FO/c1-9(2)7-12(14)8-10-3-5-11(13)6-4-10/h3-6,9H,7-8H2,1-2H3. The second-order valence-corrected chi connectivity index (χ2v) is 3.94. The summed E-state index contributed by atoms with van der Waals surface area (Å²) in [7, 11) is 0. The number of hydrogen-bond acceptors (Lipinski definition) is 1. The molecule has 1 aromatic carbocycles. The summed E-state index contributed by atoms with van der Waals surface area (Å²) in [4.78, 5) is 11.4. The Hall–Kier alpha value is -1.18. The number of ketones is 1. The molecule has 1 rings (SSSR count). The van der Waals surface area contributed by atoms with Gasteiger partial charge in [0.1, 0.15) is 11.6 Å². The van der Waals surface area contributed by atoms with Gasteiger partial charge in [0, 0.05) is 12.8 Å². The number of hydrogen-bond donors (Lipinski definition) is 0. The Morgan fingerprint density at radius 2 is 1.86 bits per heavy atom. The van der Waals surface area contributed by atoms with Crippen LogP contribution in [0.3, 0.4) is 0 Å². The summed E-state index contributed by atoms with van der Waals surface area (Å²) >= 11 is 0. The highest BCUT2D eigenvalue weighted by Gasteiger charge is 2.06. The molecule has 0 heterocycles. The van der Waals surface area contributed by atoms with Crippen molar-refractivity contribution in [2.24, 2.45) is 5.92 Å². The van der Waals surface area contributed by atoms with E-state index in [4.69, 9.17) is 0 Å². The van der Waals surface area contributed by atoms with Gasteiger partial charge < -0.3 is 0 Å². The molecular formula is C12H15FO. The third-order valence-corrected chi connectivity index (χ3v) is 1.95. The van der Waals surface area contributed by atoms with Gasteiger partial charge in [-0.1, -0.05) is 26.0 Å². The van der Waals surface area contributed by atoms with E-state index in [0.29, 0.717) is 18.8 Å². The Morgan fingerprint density at radius 1 is 1.29 bits per heavy atom. The fraction of sp³-hybridized carbons (Fsp3) is 0.417. The van der Waals surface area contributed by atoms with E-state index in [2.05, 4.69) is 0 Å². The largest absolute Gasteiger partial charge is 0.299 e. The highest BCUT2D eigenvalue weighted by molar-refractivity contribution is 5.80. The van der Waals surface area contributed by atoms with Gasteiger partial charge in [-0.2, -0.15) is 0 Å². The summed E-state index contributed by atoms with van der Waals surface area (Å²) < 4.78 is 12.5. The molecule has 14 heavy (non-hydrogen) atoms. The molecule has 0 aliphatic carbocycles. The Labute approximate surface area is 83.9 Å². The quantitative estimate of drug-likeness (QED) is 0.720. The van der Waals surface area contributed by atoms with Crippen LogP contribution in [-0.4, -0.2) is 5.78 Å². The molecular weight excluding hydrogens is 179 g/mol. The van der Waals surface area contributed by atoms with Gasteiger partial charge in [0.05, 0.1) is 0 Å². The van der Waals surface area contributed by atoms with Gasteiger partial charge in [-0.15, -0.1) is 0 Å². The molecule has 0 atom stereocenters. The van der Waals surface area contributed by atoms with Crippen LogP contribution in [0.1, 0.15) is 25.8 Å². The van der Waals surface area contributed by atoms with Gasteiger partial charge in [0.15, 0.2) is 0 Å². The molecule has 0 N–H and O–H groups in total. The minimum atomic E-state index is -0.259. The Balaban J connectivity index is 2.52. The number of carbonyl (C=O) groups is 1. The third kappa shape index (κ3) is 3.69. The number of benzene rings is 1. The Bertz CT molecular complexity index is 301. The van der Waals surface area contributed by atoms with Crippen molar-refractivity contribution in [2.75, 3.05) is 0 Å². The van der Waals surface area contributed by atoms with Crippen LogP contribution in [0.4, 0.5) is 4.39 Å². The maximum Gasteiger partial charge on any atom is 0.137 e. The average molecular weight is 194 g/mol. The summed E-state index contributed by atoms with van der Waals surface area (Å²) in [6, 6.07) is 6.09. The van der Waals surface area contributed by atoms with Gasteiger partial charge in [0.2, 0.25) is 0 Å². The number of Topliss-reactive ketones (excluding diaryl/α,β-unsaturated/α-hetero) is 1. The molecule has 2 heteroatoms. The van der Waals surface area contributed by atoms with E-state index in [1.54, 1.807) is 12.1 Å². The van der Waals surface area contributed by atoms with Gasteiger partial charge in [-0.05, 0) is 23.6 Å². The van der Waals surface area contributed by atoms with Gasteiger partial charge >= 0.3 is 0 Å². The van der Waals surface area contributed by atoms with Gasteiger partial charge in [0.25, 0.3) is 0 Å². The van der Waals surface area contributed by atoms with Crippen LogP contribution < -0.4 is 0 Å². The van der Waals surface area contributed by atoms with E-state index in [1.807, 2.05) is 13.8 Å². The molecule has 0 radical (unpaired) electrons. The van der Waals surface area contributed by atoms with E-state index >= 15 is 0 Å². The normalized spacial score (nSPS) is 10.6. The molecule has 0 fully saturated rings. The number of carbonyl (C=O) groups excluding carboxylic acids is 1. The molecule has 0 aliphatic heterocycles. The lowest BCUT2D eigenvalue weighted by atomic mass is 10.0. The summed E-state index contributed by atoms with van der Waals surface area (Å²) in [5, 5.41) is 0. The fourth-order valence-electron chi connectivity index (χ4n) is 1.36. The SMILES string of the molecule is CC(C)CC(=O)Cc1ccc(F)cc1. The van der Waals surface area contributed by atoms with Crippen molar-refractivity contribution in [1.82, 2.24) is 0 Å². The smallest absolute Gasteiger partial charge is 0.137 e. The minimum Gasteiger partial charge on any atom is -0.299 e. The molecule has 0 bridgehead atoms. The van der Waals surface area contributed by atoms with E-state index < -0.39 is 0 Å². The predicted molar refractivity (Wildman–Crippen MR) is 54.6 cm³/mol. The lowest BCUT2D eigenvalue weighted by Gasteiger charge is -2.03. The summed E-state index contributed by atoms with van der Waals surface area (Å²) in [5.74, 6) is 0.347. The van der Waals surface area contributed by atoms with Crippen molar-refractivity contribution < 1.29 is 9.18 Å². The molecule has 76 valence electrons. The maximum atomic E-state index is 12.5. The van der Waals surface area contributed by atoms with Crippen LogP contribution in [0, 0.1) is 11.7 Å². The van der Waals surface area contributed by atoms with E-state index in [0.717, 1.165) is 5.56 Å². The molecule has 0 unspecified atom stereocenters. The van der Waals surface area contributed by atoms with Crippen LogP contribution in [-0.2, 0) is 11.2 Å². The molecule has 1 nitrogen and oxygen atoms in total. The van der Waals surface area contributed by atoms with Crippen molar-refractivity contribution >= 4 is 5.78 Å². The molecule has 1 aromatic rings. The summed E-state index contributed by atoms with van der Waals surface area (Å²) in [6.45, 7) is 4.03. The average Bonchev–Trinajstić information content (AvgIpc) is 2.07. The Morgan fingerprint density at radius 3 is 2.36 bits per heavy atom. The lowest BCUT2D eigenvalue weighted by Crippen LogP contribution is -2.06. The monoisotopic (exact) mass is 194 g/mol. The minimum absolute atomic E-state index is 0.214. The second-order valence-electron chi connectivity index (χ2n) is 3.94. The molecule has 0 aliphatic rings. The highest BCUT2D eigenvalue weighted by atomic mass is 19.1. The molecule has 0 aromatic heterocycles. The van der Waals surface area contributed by atoms with E-state index in [9.17, 15) is 9.18 Å².